The Balaban J connectivity index is 1.34. The molecule has 0 aromatic heterocycles. The SMILES string of the molecule is Oc1ccc2c(c1)CCCC(c1ccccc1)=C2c1ccc(N2CCCC3(CCC2)CNC3)cc1. The first-order valence-electron chi connectivity index (χ1n) is 13.4. The average Bonchev–Trinajstić information content (AvgIpc) is 3.03. The van der Waals surface area contributed by atoms with Gasteiger partial charge in [-0.05, 0) is 108 Å². The van der Waals surface area contributed by atoms with Crippen molar-refractivity contribution in [2.75, 3.05) is 31.1 Å². The highest BCUT2D eigenvalue weighted by Crippen LogP contribution is 2.41. The van der Waals surface area contributed by atoms with Crippen molar-refractivity contribution in [2.24, 2.45) is 5.41 Å². The van der Waals surface area contributed by atoms with E-state index in [1.165, 1.54) is 77.9 Å². The van der Waals surface area contributed by atoms with Gasteiger partial charge in [0.15, 0.2) is 0 Å². The number of anilines is 1. The van der Waals surface area contributed by atoms with Crippen molar-refractivity contribution in [3.05, 3.63) is 95.1 Å². The number of nitrogens with one attached hydrogen (secondary N) is 1. The summed E-state index contributed by atoms with van der Waals surface area (Å²) < 4.78 is 0. The molecule has 2 fully saturated rings. The van der Waals surface area contributed by atoms with E-state index in [1.807, 2.05) is 12.1 Å². The highest BCUT2D eigenvalue weighted by atomic mass is 16.3. The number of fused-ring (bicyclic) bond motifs is 1. The first kappa shape index (κ1) is 22.4. The van der Waals surface area contributed by atoms with Crippen molar-refractivity contribution in [1.82, 2.24) is 5.32 Å². The van der Waals surface area contributed by atoms with E-state index in [4.69, 9.17) is 0 Å². The van der Waals surface area contributed by atoms with Crippen LogP contribution in [0.1, 0.15) is 60.8 Å². The van der Waals surface area contributed by atoms with Crippen LogP contribution in [0.2, 0.25) is 0 Å². The Labute approximate surface area is 209 Å². The molecule has 6 rings (SSSR count). The van der Waals surface area contributed by atoms with Gasteiger partial charge in [-0.3, -0.25) is 0 Å². The molecule has 35 heavy (non-hydrogen) atoms. The first-order chi connectivity index (χ1) is 17.2. The summed E-state index contributed by atoms with van der Waals surface area (Å²) in [5.74, 6) is 0.359. The van der Waals surface area contributed by atoms with E-state index >= 15 is 0 Å². The third-order valence-electron chi connectivity index (χ3n) is 8.45. The number of aromatic hydroxyl groups is 1. The van der Waals surface area contributed by atoms with Gasteiger partial charge in [0.25, 0.3) is 0 Å². The maximum Gasteiger partial charge on any atom is 0.115 e. The lowest BCUT2D eigenvalue weighted by Crippen LogP contribution is -2.54. The van der Waals surface area contributed by atoms with Gasteiger partial charge in [-0.15, -0.1) is 0 Å². The molecule has 2 heterocycles. The number of rotatable bonds is 3. The number of aryl methyl sites for hydroxylation is 1. The normalized spacial score (nSPS) is 19.9. The molecule has 0 unspecified atom stereocenters. The number of hydrogen-bond donors (Lipinski definition) is 2. The third-order valence-corrected chi connectivity index (χ3v) is 8.45. The van der Waals surface area contributed by atoms with Crippen molar-refractivity contribution >= 4 is 16.8 Å². The van der Waals surface area contributed by atoms with Crippen LogP contribution >= 0.6 is 0 Å². The fraction of sp³-hybridized carbons (Fsp3) is 0.375. The lowest BCUT2D eigenvalue weighted by Gasteiger charge is -2.45. The summed E-state index contributed by atoms with van der Waals surface area (Å²) in [5.41, 5.74) is 9.76. The quantitative estimate of drug-likeness (QED) is 0.455. The molecule has 0 bridgehead atoms. The topological polar surface area (TPSA) is 35.5 Å². The summed E-state index contributed by atoms with van der Waals surface area (Å²) in [4.78, 5) is 2.59. The summed E-state index contributed by atoms with van der Waals surface area (Å²) in [5, 5.41) is 13.7. The second-order valence-corrected chi connectivity index (χ2v) is 10.8. The molecule has 2 saturated heterocycles. The standard InChI is InChI=1S/C32H36N2O/c35-28-15-16-30-26(21-28)9-4-10-29(24-7-2-1-3-8-24)31(30)25-11-13-27(14-12-25)34-19-5-17-32(18-6-20-34)22-33-23-32/h1-3,7-8,11-16,21,33,35H,4-6,9-10,17-20,22-23H2. The smallest absolute Gasteiger partial charge is 0.115 e. The summed E-state index contributed by atoms with van der Waals surface area (Å²) in [6, 6.07) is 26.1. The van der Waals surface area contributed by atoms with Gasteiger partial charge >= 0.3 is 0 Å². The molecule has 3 aliphatic rings. The molecule has 3 aromatic carbocycles. The highest BCUT2D eigenvalue weighted by Gasteiger charge is 2.36. The van der Waals surface area contributed by atoms with Gasteiger partial charge in [0.1, 0.15) is 5.75 Å². The molecule has 1 spiro atoms. The van der Waals surface area contributed by atoms with Gasteiger partial charge in [-0.25, -0.2) is 0 Å². The second kappa shape index (κ2) is 9.54. The van der Waals surface area contributed by atoms with Gasteiger partial charge < -0.3 is 15.3 Å². The molecule has 0 amide bonds. The lowest BCUT2D eigenvalue weighted by molar-refractivity contribution is 0.128. The molecule has 2 N–H and O–H groups in total. The zero-order valence-electron chi connectivity index (χ0n) is 20.6. The Kier molecular flexibility index (Phi) is 6.12. The predicted molar refractivity (Wildman–Crippen MR) is 146 cm³/mol. The van der Waals surface area contributed by atoms with Crippen LogP contribution in [0.4, 0.5) is 5.69 Å². The van der Waals surface area contributed by atoms with Crippen molar-refractivity contribution in [3.63, 3.8) is 0 Å². The van der Waals surface area contributed by atoms with Crippen LogP contribution in [0.3, 0.4) is 0 Å². The molecule has 2 aliphatic heterocycles. The van der Waals surface area contributed by atoms with E-state index in [-0.39, 0.29) is 0 Å². The molecular formula is C32H36N2O. The molecule has 0 radical (unpaired) electrons. The summed E-state index contributed by atoms with van der Waals surface area (Å²) >= 11 is 0. The van der Waals surface area contributed by atoms with E-state index in [2.05, 4.69) is 70.9 Å². The first-order valence-corrected chi connectivity index (χ1v) is 13.4. The van der Waals surface area contributed by atoms with Crippen LogP contribution in [-0.4, -0.2) is 31.3 Å². The third kappa shape index (κ3) is 4.50. The van der Waals surface area contributed by atoms with Crippen molar-refractivity contribution < 1.29 is 5.11 Å². The molecule has 0 atom stereocenters. The van der Waals surface area contributed by atoms with E-state index in [9.17, 15) is 5.11 Å². The van der Waals surface area contributed by atoms with Crippen LogP contribution in [0.15, 0.2) is 72.8 Å². The molecule has 3 aromatic rings. The van der Waals surface area contributed by atoms with E-state index in [1.54, 1.807) is 0 Å². The number of hydrogen-bond acceptors (Lipinski definition) is 3. The largest absolute Gasteiger partial charge is 0.508 e. The summed E-state index contributed by atoms with van der Waals surface area (Å²) in [6.07, 6.45) is 8.39. The Hall–Kier alpha value is -3.04. The number of allylic oxidation sites excluding steroid dienone is 1. The maximum atomic E-state index is 10.2. The van der Waals surface area contributed by atoms with Crippen LogP contribution in [0, 0.1) is 5.41 Å². The highest BCUT2D eigenvalue weighted by molar-refractivity contribution is 6.00. The Bertz CT molecular complexity index is 1200. The number of phenolic OH excluding ortho intramolecular Hbond substituents is 1. The lowest BCUT2D eigenvalue weighted by atomic mass is 9.73. The Morgan fingerprint density at radius 3 is 2.17 bits per heavy atom. The van der Waals surface area contributed by atoms with Crippen molar-refractivity contribution in [2.45, 2.75) is 44.9 Å². The number of benzene rings is 3. The molecule has 3 heteroatoms. The Morgan fingerprint density at radius 2 is 1.49 bits per heavy atom. The van der Waals surface area contributed by atoms with Crippen LogP contribution in [0.5, 0.6) is 5.75 Å². The van der Waals surface area contributed by atoms with Gasteiger partial charge in [0, 0.05) is 31.9 Å². The number of phenols is 1. The minimum absolute atomic E-state index is 0.359. The van der Waals surface area contributed by atoms with Crippen molar-refractivity contribution in [3.8, 4) is 5.75 Å². The van der Waals surface area contributed by atoms with Gasteiger partial charge in [-0.1, -0.05) is 48.5 Å². The van der Waals surface area contributed by atoms with Crippen molar-refractivity contribution in [1.29, 1.82) is 0 Å². The predicted octanol–water partition coefficient (Wildman–Crippen LogP) is 6.66. The van der Waals surface area contributed by atoms with E-state index < -0.39 is 0 Å². The minimum Gasteiger partial charge on any atom is -0.508 e. The zero-order chi connectivity index (χ0) is 23.7. The van der Waals surface area contributed by atoms with Gasteiger partial charge in [-0.2, -0.15) is 0 Å². The average molecular weight is 465 g/mol. The second-order valence-electron chi connectivity index (χ2n) is 10.8. The van der Waals surface area contributed by atoms with Gasteiger partial charge in [0.2, 0.25) is 0 Å². The van der Waals surface area contributed by atoms with E-state index in [0.29, 0.717) is 11.2 Å². The van der Waals surface area contributed by atoms with E-state index in [0.717, 1.165) is 32.4 Å². The Morgan fingerprint density at radius 1 is 0.743 bits per heavy atom. The number of nitrogens with zero attached hydrogens (tertiary/aromatic N) is 1. The monoisotopic (exact) mass is 464 g/mol. The molecule has 1 aliphatic carbocycles. The molecule has 0 saturated carbocycles. The molecule has 180 valence electrons. The molecular weight excluding hydrogens is 428 g/mol. The van der Waals surface area contributed by atoms with Crippen LogP contribution < -0.4 is 10.2 Å². The maximum absolute atomic E-state index is 10.2. The summed E-state index contributed by atoms with van der Waals surface area (Å²) in [6.45, 7) is 4.75. The molecule has 3 nitrogen and oxygen atoms in total. The van der Waals surface area contributed by atoms with Crippen LogP contribution in [0.25, 0.3) is 11.1 Å². The summed E-state index contributed by atoms with van der Waals surface area (Å²) in [7, 11) is 0. The zero-order valence-corrected chi connectivity index (χ0v) is 20.6. The van der Waals surface area contributed by atoms with Crippen LogP contribution in [-0.2, 0) is 6.42 Å². The fourth-order valence-electron chi connectivity index (χ4n) is 6.49. The fourth-order valence-corrected chi connectivity index (χ4v) is 6.49. The van der Waals surface area contributed by atoms with Gasteiger partial charge in [0.05, 0.1) is 0 Å². The minimum atomic E-state index is 0.359.